The molecule has 4 aromatic rings. The Morgan fingerprint density at radius 1 is 1.12 bits per heavy atom. The van der Waals surface area contributed by atoms with Gasteiger partial charge in [0.15, 0.2) is 5.65 Å². The maximum absolute atomic E-state index is 4.83. The van der Waals surface area contributed by atoms with Crippen molar-refractivity contribution >= 4 is 11.5 Å². The molecule has 0 atom stereocenters. The Bertz CT molecular complexity index is 1000. The molecule has 7 nitrogen and oxygen atoms in total. The van der Waals surface area contributed by atoms with E-state index in [0.29, 0.717) is 0 Å². The third-order valence-corrected chi connectivity index (χ3v) is 4.47. The topological polar surface area (TPSA) is 72.9 Å². The number of benzene rings is 1. The van der Waals surface area contributed by atoms with E-state index in [2.05, 4.69) is 45.9 Å². The van der Waals surface area contributed by atoms with E-state index < -0.39 is 0 Å². The summed E-state index contributed by atoms with van der Waals surface area (Å²) in [7, 11) is 0. The number of nitrogens with zero attached hydrogens (tertiary/aromatic N) is 6. The zero-order chi connectivity index (χ0) is 17.9. The van der Waals surface area contributed by atoms with Crippen molar-refractivity contribution in [2.45, 2.75) is 26.8 Å². The quantitative estimate of drug-likeness (QED) is 0.543. The summed E-state index contributed by atoms with van der Waals surface area (Å²) in [6.07, 6.45) is 4.51. The van der Waals surface area contributed by atoms with Crippen molar-refractivity contribution in [3.63, 3.8) is 0 Å². The summed E-state index contributed by atoms with van der Waals surface area (Å²) in [6.45, 7) is 5.71. The predicted molar refractivity (Wildman–Crippen MR) is 101 cm³/mol. The van der Waals surface area contributed by atoms with Gasteiger partial charge in [0.05, 0.1) is 17.6 Å². The van der Waals surface area contributed by atoms with E-state index in [1.54, 1.807) is 6.20 Å². The summed E-state index contributed by atoms with van der Waals surface area (Å²) in [5.41, 5.74) is 5.03. The zero-order valence-corrected chi connectivity index (χ0v) is 14.9. The molecule has 132 valence electrons. The van der Waals surface area contributed by atoms with Crippen LogP contribution < -0.4 is 5.32 Å². The third-order valence-electron chi connectivity index (χ3n) is 4.47. The molecule has 3 aromatic heterocycles. The van der Waals surface area contributed by atoms with E-state index in [1.165, 1.54) is 0 Å². The van der Waals surface area contributed by atoms with Crippen molar-refractivity contribution in [1.82, 2.24) is 29.6 Å². The molecule has 0 spiro atoms. The summed E-state index contributed by atoms with van der Waals surface area (Å²) in [6, 6.07) is 12.3. The van der Waals surface area contributed by atoms with Gasteiger partial charge in [0.2, 0.25) is 0 Å². The first-order chi connectivity index (χ1) is 12.7. The van der Waals surface area contributed by atoms with Gasteiger partial charge in [-0.3, -0.25) is 4.68 Å². The number of hydrogen-bond acceptors (Lipinski definition) is 5. The minimum absolute atomic E-state index is 0.811. The molecular weight excluding hydrogens is 326 g/mol. The van der Waals surface area contributed by atoms with Crippen molar-refractivity contribution < 1.29 is 0 Å². The van der Waals surface area contributed by atoms with Crippen LogP contribution in [0.3, 0.4) is 0 Å². The summed E-state index contributed by atoms with van der Waals surface area (Å²) in [4.78, 5) is 4.83. The van der Waals surface area contributed by atoms with Crippen molar-refractivity contribution in [3.8, 4) is 11.3 Å². The molecule has 26 heavy (non-hydrogen) atoms. The van der Waals surface area contributed by atoms with Gasteiger partial charge in [0.25, 0.3) is 0 Å². The Morgan fingerprint density at radius 3 is 2.73 bits per heavy atom. The van der Waals surface area contributed by atoms with E-state index in [0.717, 1.165) is 53.5 Å². The predicted octanol–water partition coefficient (Wildman–Crippen LogP) is 3.11. The molecule has 1 N–H and O–H groups in total. The Hall–Kier alpha value is -3.22. The second-order valence-corrected chi connectivity index (χ2v) is 6.28. The summed E-state index contributed by atoms with van der Waals surface area (Å²) >= 11 is 0. The number of fused-ring (bicyclic) bond motifs is 1. The smallest absolute Gasteiger partial charge is 0.161 e. The molecule has 4 rings (SSSR count). The van der Waals surface area contributed by atoms with E-state index in [4.69, 9.17) is 4.98 Å². The fraction of sp³-hybridized carbons (Fsp3) is 0.263. The summed E-state index contributed by atoms with van der Waals surface area (Å²) in [5.74, 6) is 0.948. The Kier molecular flexibility index (Phi) is 4.35. The van der Waals surface area contributed by atoms with Crippen molar-refractivity contribution in [2.24, 2.45) is 0 Å². The lowest BCUT2D eigenvalue weighted by Crippen LogP contribution is -2.11. The van der Waals surface area contributed by atoms with Crippen LogP contribution in [0.1, 0.15) is 17.7 Å². The highest BCUT2D eigenvalue weighted by molar-refractivity contribution is 5.68. The highest BCUT2D eigenvalue weighted by Gasteiger charge is 2.13. The number of nitrogens with one attached hydrogen (secondary N) is 1. The van der Waals surface area contributed by atoms with Gasteiger partial charge in [-0.05, 0) is 20.3 Å². The lowest BCUT2D eigenvalue weighted by Gasteiger charge is -2.11. The molecule has 0 aliphatic heterocycles. The van der Waals surface area contributed by atoms with Gasteiger partial charge in [0.1, 0.15) is 5.82 Å². The largest absolute Gasteiger partial charge is 0.370 e. The minimum atomic E-state index is 0.811. The van der Waals surface area contributed by atoms with Crippen LogP contribution in [0.4, 0.5) is 5.82 Å². The van der Waals surface area contributed by atoms with E-state index in [1.807, 2.05) is 40.5 Å². The van der Waals surface area contributed by atoms with Crippen molar-refractivity contribution in [2.75, 3.05) is 11.9 Å². The van der Waals surface area contributed by atoms with E-state index in [-0.39, 0.29) is 0 Å². The molecule has 0 aliphatic rings. The highest BCUT2D eigenvalue weighted by atomic mass is 15.4. The molecule has 0 fully saturated rings. The lowest BCUT2D eigenvalue weighted by atomic mass is 10.1. The molecule has 3 heterocycles. The lowest BCUT2D eigenvalue weighted by molar-refractivity contribution is 0.569. The van der Waals surface area contributed by atoms with Crippen molar-refractivity contribution in [3.05, 3.63) is 60.0 Å². The number of aryl methyl sites for hydroxylation is 3. The van der Waals surface area contributed by atoms with Crippen LogP contribution in [0.2, 0.25) is 0 Å². The molecule has 7 heteroatoms. The van der Waals surface area contributed by atoms with Gasteiger partial charge in [-0.1, -0.05) is 35.5 Å². The van der Waals surface area contributed by atoms with Crippen molar-refractivity contribution in [1.29, 1.82) is 0 Å². The first kappa shape index (κ1) is 16.3. The van der Waals surface area contributed by atoms with Gasteiger partial charge < -0.3 is 5.32 Å². The van der Waals surface area contributed by atoms with Crippen LogP contribution in [0, 0.1) is 13.8 Å². The minimum Gasteiger partial charge on any atom is -0.370 e. The Labute approximate surface area is 151 Å². The van der Waals surface area contributed by atoms with Gasteiger partial charge in [-0.15, -0.1) is 5.10 Å². The van der Waals surface area contributed by atoms with E-state index in [9.17, 15) is 0 Å². The normalized spacial score (nSPS) is 11.2. The van der Waals surface area contributed by atoms with Gasteiger partial charge >= 0.3 is 0 Å². The maximum Gasteiger partial charge on any atom is 0.161 e. The molecule has 0 amide bonds. The summed E-state index contributed by atoms with van der Waals surface area (Å²) in [5, 5.41) is 16.0. The SMILES string of the molecule is Cc1nn2c(NCCCn3ccnn3)cc(-c3ccccc3)nc2c1C. The molecule has 0 bridgehead atoms. The van der Waals surface area contributed by atoms with Crippen LogP contribution in [0.25, 0.3) is 16.9 Å². The first-order valence-electron chi connectivity index (χ1n) is 8.73. The standard InChI is InChI=1S/C19H21N7/c1-14-15(2)23-26-18(20-9-6-11-25-12-10-21-24-25)13-17(22-19(14)26)16-7-4-3-5-8-16/h3-5,7-8,10,12-13,20H,6,9,11H2,1-2H3. The number of hydrogen-bond donors (Lipinski definition) is 1. The molecule has 0 radical (unpaired) electrons. The van der Waals surface area contributed by atoms with Gasteiger partial charge in [-0.2, -0.15) is 9.61 Å². The molecule has 0 aliphatic carbocycles. The van der Waals surface area contributed by atoms with Crippen LogP contribution in [-0.4, -0.2) is 36.1 Å². The van der Waals surface area contributed by atoms with Crippen LogP contribution in [0.5, 0.6) is 0 Å². The highest BCUT2D eigenvalue weighted by Crippen LogP contribution is 2.24. The van der Waals surface area contributed by atoms with Crippen LogP contribution >= 0.6 is 0 Å². The van der Waals surface area contributed by atoms with Crippen LogP contribution in [-0.2, 0) is 6.54 Å². The summed E-state index contributed by atoms with van der Waals surface area (Å²) < 4.78 is 3.73. The molecule has 0 saturated heterocycles. The van der Waals surface area contributed by atoms with Crippen LogP contribution in [0.15, 0.2) is 48.8 Å². The third kappa shape index (κ3) is 3.15. The molecular formula is C19H21N7. The van der Waals surface area contributed by atoms with Gasteiger partial charge in [0, 0.05) is 36.5 Å². The first-order valence-corrected chi connectivity index (χ1v) is 8.73. The second-order valence-electron chi connectivity index (χ2n) is 6.28. The molecule has 0 unspecified atom stereocenters. The van der Waals surface area contributed by atoms with E-state index >= 15 is 0 Å². The Balaban J connectivity index is 1.62. The second kappa shape index (κ2) is 6.95. The fourth-order valence-electron chi connectivity index (χ4n) is 2.92. The zero-order valence-electron chi connectivity index (χ0n) is 14.9. The number of aromatic nitrogens is 6. The number of rotatable bonds is 6. The fourth-order valence-corrected chi connectivity index (χ4v) is 2.92. The maximum atomic E-state index is 4.83. The molecule has 0 saturated carbocycles. The average Bonchev–Trinajstić information content (AvgIpc) is 3.28. The average molecular weight is 347 g/mol. The number of anilines is 1. The van der Waals surface area contributed by atoms with Gasteiger partial charge in [-0.25, -0.2) is 4.98 Å². The Morgan fingerprint density at radius 2 is 1.96 bits per heavy atom. The monoisotopic (exact) mass is 347 g/mol. The molecule has 1 aromatic carbocycles.